The number of nitrogens with zero attached hydrogens (tertiary/aromatic N) is 1. The van der Waals surface area contributed by atoms with Crippen LogP contribution < -0.4 is 0 Å². The third kappa shape index (κ3) is 1.48. The molecule has 0 saturated carbocycles. The van der Waals surface area contributed by atoms with Gasteiger partial charge >= 0.3 is 0 Å². The van der Waals surface area contributed by atoms with Gasteiger partial charge in [0.2, 0.25) is 0 Å². The monoisotopic (exact) mass is 219 g/mol. The van der Waals surface area contributed by atoms with Crippen LogP contribution in [0.4, 0.5) is 0 Å². The van der Waals surface area contributed by atoms with Gasteiger partial charge in [-0.25, -0.2) is 0 Å². The summed E-state index contributed by atoms with van der Waals surface area (Å²) < 4.78 is 0. The molecule has 0 spiro atoms. The van der Waals surface area contributed by atoms with E-state index in [1.807, 2.05) is 11.1 Å². The van der Waals surface area contributed by atoms with Crippen molar-refractivity contribution in [1.29, 1.82) is 0 Å². The summed E-state index contributed by atoms with van der Waals surface area (Å²) in [5, 5.41) is 0. The first-order chi connectivity index (χ1) is 7.74. The quantitative estimate of drug-likeness (QED) is 0.607. The van der Waals surface area contributed by atoms with Gasteiger partial charge in [-0.05, 0) is 51.4 Å². The highest BCUT2D eigenvalue weighted by Gasteiger charge is 2.46. The van der Waals surface area contributed by atoms with Crippen LogP contribution in [0, 0.1) is 5.92 Å². The minimum absolute atomic E-state index is 0.467. The smallest absolute Gasteiger partial charge is 0.0398 e. The highest BCUT2D eigenvalue weighted by atomic mass is 15.2. The first-order valence-corrected chi connectivity index (χ1v) is 7.20. The number of hydrogen-bond acceptors (Lipinski definition) is 1. The predicted octanol–water partition coefficient (Wildman–Crippen LogP) is 3.75. The van der Waals surface area contributed by atoms with Crippen molar-refractivity contribution in [2.75, 3.05) is 13.1 Å². The molecule has 2 heterocycles. The summed E-state index contributed by atoms with van der Waals surface area (Å²) in [5.41, 5.74) is 4.18. The van der Waals surface area contributed by atoms with Crippen LogP contribution in [0.15, 0.2) is 11.1 Å². The average molecular weight is 219 g/mol. The van der Waals surface area contributed by atoms with Gasteiger partial charge in [-0.3, -0.25) is 4.90 Å². The Morgan fingerprint density at radius 1 is 1.25 bits per heavy atom. The Kier molecular flexibility index (Phi) is 2.62. The van der Waals surface area contributed by atoms with Crippen molar-refractivity contribution in [2.24, 2.45) is 5.92 Å². The maximum absolute atomic E-state index is 2.80. The van der Waals surface area contributed by atoms with Crippen molar-refractivity contribution in [1.82, 2.24) is 4.90 Å². The van der Waals surface area contributed by atoms with Gasteiger partial charge in [-0.1, -0.05) is 24.5 Å². The van der Waals surface area contributed by atoms with Gasteiger partial charge in [-0.2, -0.15) is 0 Å². The second kappa shape index (κ2) is 3.87. The minimum Gasteiger partial charge on any atom is -0.294 e. The summed E-state index contributed by atoms with van der Waals surface area (Å²) in [7, 11) is 0. The lowest BCUT2D eigenvalue weighted by Crippen LogP contribution is -2.47. The molecule has 0 N–H and O–H groups in total. The highest BCUT2D eigenvalue weighted by molar-refractivity contribution is 5.32. The maximum atomic E-state index is 2.80. The van der Waals surface area contributed by atoms with Gasteiger partial charge < -0.3 is 0 Å². The molecule has 0 bridgehead atoms. The number of rotatable bonds is 1. The molecule has 2 aliphatic heterocycles. The Morgan fingerprint density at radius 2 is 2.06 bits per heavy atom. The molecule has 0 aromatic rings. The molecule has 3 aliphatic rings. The lowest BCUT2D eigenvalue weighted by Gasteiger charge is -2.45. The van der Waals surface area contributed by atoms with Gasteiger partial charge in [0, 0.05) is 18.6 Å². The van der Waals surface area contributed by atoms with Gasteiger partial charge in [0.25, 0.3) is 0 Å². The summed E-state index contributed by atoms with van der Waals surface area (Å²) in [6, 6.07) is 0. The normalized spacial score (nSPS) is 39.8. The third-order valence-electron chi connectivity index (χ3n) is 5.36. The van der Waals surface area contributed by atoms with Crippen LogP contribution in [0.3, 0.4) is 0 Å². The highest BCUT2D eigenvalue weighted by Crippen LogP contribution is 2.48. The molecular formula is C15H25N. The number of hydrogen-bond donors (Lipinski definition) is 0. The number of fused-ring (bicyclic) bond motifs is 2. The van der Waals surface area contributed by atoms with Crippen LogP contribution in [0.5, 0.6) is 0 Å². The topological polar surface area (TPSA) is 3.24 Å². The van der Waals surface area contributed by atoms with Crippen LogP contribution in [-0.4, -0.2) is 23.5 Å². The molecule has 1 heteroatoms. The zero-order valence-corrected chi connectivity index (χ0v) is 10.9. The molecule has 0 radical (unpaired) electrons. The van der Waals surface area contributed by atoms with E-state index < -0.39 is 0 Å². The Hall–Kier alpha value is -0.300. The van der Waals surface area contributed by atoms with Gasteiger partial charge in [0.15, 0.2) is 0 Å². The molecule has 3 rings (SSSR count). The molecule has 1 fully saturated rings. The zero-order valence-electron chi connectivity index (χ0n) is 10.9. The molecule has 90 valence electrons. The zero-order chi connectivity index (χ0) is 11.2. The molecule has 0 aromatic carbocycles. The first kappa shape index (κ1) is 10.8. The summed E-state index contributed by atoms with van der Waals surface area (Å²) in [6.45, 7) is 7.60. The van der Waals surface area contributed by atoms with Crippen LogP contribution in [0.2, 0.25) is 0 Å². The van der Waals surface area contributed by atoms with Gasteiger partial charge in [0.05, 0.1) is 0 Å². The van der Waals surface area contributed by atoms with E-state index in [2.05, 4.69) is 18.7 Å². The summed E-state index contributed by atoms with van der Waals surface area (Å²) in [4.78, 5) is 2.80. The molecule has 0 aromatic heterocycles. The van der Waals surface area contributed by atoms with E-state index in [0.717, 1.165) is 5.92 Å². The molecular weight excluding hydrogens is 194 g/mol. The fraction of sp³-hybridized carbons (Fsp3) is 0.867. The molecule has 1 aliphatic carbocycles. The van der Waals surface area contributed by atoms with E-state index >= 15 is 0 Å². The minimum atomic E-state index is 0.467. The van der Waals surface area contributed by atoms with Crippen molar-refractivity contribution in [3.05, 3.63) is 11.1 Å². The Balaban J connectivity index is 1.93. The first-order valence-electron chi connectivity index (χ1n) is 7.20. The van der Waals surface area contributed by atoms with E-state index in [9.17, 15) is 0 Å². The van der Waals surface area contributed by atoms with Crippen LogP contribution in [0.25, 0.3) is 0 Å². The lowest BCUT2D eigenvalue weighted by molar-refractivity contribution is 0.166. The summed E-state index contributed by atoms with van der Waals surface area (Å²) >= 11 is 0. The Bertz CT molecular complexity index is 317. The molecule has 2 atom stereocenters. The van der Waals surface area contributed by atoms with Crippen LogP contribution in [-0.2, 0) is 0 Å². The van der Waals surface area contributed by atoms with Gasteiger partial charge in [-0.15, -0.1) is 0 Å². The van der Waals surface area contributed by atoms with Crippen molar-refractivity contribution < 1.29 is 0 Å². The van der Waals surface area contributed by atoms with Crippen LogP contribution in [0.1, 0.15) is 58.8 Å². The van der Waals surface area contributed by atoms with Crippen molar-refractivity contribution in [2.45, 2.75) is 64.3 Å². The van der Waals surface area contributed by atoms with Crippen molar-refractivity contribution in [3.8, 4) is 0 Å². The Morgan fingerprint density at radius 3 is 2.88 bits per heavy atom. The third-order valence-corrected chi connectivity index (χ3v) is 5.36. The molecule has 1 nitrogen and oxygen atoms in total. The van der Waals surface area contributed by atoms with Gasteiger partial charge in [0.1, 0.15) is 0 Å². The maximum Gasteiger partial charge on any atom is 0.0398 e. The van der Waals surface area contributed by atoms with E-state index in [0.29, 0.717) is 5.54 Å². The molecule has 16 heavy (non-hydrogen) atoms. The lowest BCUT2D eigenvalue weighted by atomic mass is 9.74. The fourth-order valence-corrected chi connectivity index (χ4v) is 4.36. The summed E-state index contributed by atoms with van der Waals surface area (Å²) in [5.74, 6) is 0.957. The van der Waals surface area contributed by atoms with E-state index in [-0.39, 0.29) is 0 Å². The van der Waals surface area contributed by atoms with Crippen molar-refractivity contribution in [3.63, 3.8) is 0 Å². The fourth-order valence-electron chi connectivity index (χ4n) is 4.36. The standard InChI is InChI=1S/C15H25N/c1-3-12-10-15(2)14-7-5-4-6-13(14)8-9-16(15)11-12/h12H,3-11H2,1-2H3. The van der Waals surface area contributed by atoms with E-state index in [4.69, 9.17) is 0 Å². The van der Waals surface area contributed by atoms with Crippen molar-refractivity contribution >= 4 is 0 Å². The summed E-state index contributed by atoms with van der Waals surface area (Å²) in [6.07, 6.45) is 9.89. The van der Waals surface area contributed by atoms with E-state index in [1.165, 1.54) is 58.0 Å². The largest absolute Gasteiger partial charge is 0.294 e. The van der Waals surface area contributed by atoms with Crippen LogP contribution >= 0.6 is 0 Å². The van der Waals surface area contributed by atoms with E-state index in [1.54, 1.807) is 0 Å². The SMILES string of the molecule is CCC1CN2CCC3=C(CCCC3)C2(C)C1. The Labute approximate surface area is 99.9 Å². The molecule has 0 amide bonds. The predicted molar refractivity (Wildman–Crippen MR) is 68.5 cm³/mol. The average Bonchev–Trinajstić information content (AvgIpc) is 2.66. The molecule has 1 saturated heterocycles. The molecule has 2 unspecified atom stereocenters. The second-order valence-electron chi connectivity index (χ2n) is 6.24. The second-order valence-corrected chi connectivity index (χ2v) is 6.24.